The second kappa shape index (κ2) is 5.07. The molecule has 10 heteroatoms. The Hall–Kier alpha value is -2.91. The molecule has 0 saturated heterocycles. The molecule has 7 nitrogen and oxygen atoms in total. The summed E-state index contributed by atoms with van der Waals surface area (Å²) in [7, 11) is 0. The van der Waals surface area contributed by atoms with E-state index in [1.54, 1.807) is 19.9 Å². The van der Waals surface area contributed by atoms with Gasteiger partial charge in [0.15, 0.2) is 11.5 Å². The number of alkyl halides is 3. The summed E-state index contributed by atoms with van der Waals surface area (Å²) in [6.07, 6.45) is -3.21. The molecule has 0 saturated carbocycles. The molecule has 0 aliphatic carbocycles. The highest BCUT2D eigenvalue weighted by Gasteiger charge is 2.33. The van der Waals surface area contributed by atoms with Gasteiger partial charge in [0.2, 0.25) is 0 Å². The number of anilines is 1. The Morgan fingerprint density at radius 2 is 2.04 bits per heavy atom. The highest BCUT2D eigenvalue weighted by atomic mass is 19.4. The van der Waals surface area contributed by atoms with Crippen molar-refractivity contribution < 1.29 is 18.0 Å². The highest BCUT2D eigenvalue weighted by Crippen LogP contribution is 2.28. The van der Waals surface area contributed by atoms with Gasteiger partial charge in [0.1, 0.15) is 5.69 Å². The van der Waals surface area contributed by atoms with Crippen LogP contribution in [0.1, 0.15) is 27.4 Å². The topological polar surface area (TPSA) is 88.0 Å². The first-order chi connectivity index (χ1) is 10.8. The van der Waals surface area contributed by atoms with E-state index in [1.165, 1.54) is 10.7 Å². The third-order valence-electron chi connectivity index (χ3n) is 3.22. The summed E-state index contributed by atoms with van der Waals surface area (Å²) in [5.74, 6) is -0.844. The number of hydrogen-bond donors (Lipinski definition) is 2. The van der Waals surface area contributed by atoms with Crippen molar-refractivity contribution in [1.29, 1.82) is 0 Å². The van der Waals surface area contributed by atoms with Crippen molar-refractivity contribution in [3.63, 3.8) is 0 Å². The van der Waals surface area contributed by atoms with Gasteiger partial charge >= 0.3 is 6.18 Å². The first-order valence-electron chi connectivity index (χ1n) is 6.51. The number of nitrogens with one attached hydrogen (secondary N) is 2. The van der Waals surface area contributed by atoms with Crippen LogP contribution in [0.25, 0.3) is 5.65 Å². The van der Waals surface area contributed by atoms with Crippen LogP contribution in [-0.4, -0.2) is 30.7 Å². The molecule has 3 rings (SSSR count). The zero-order valence-corrected chi connectivity index (χ0v) is 12.1. The molecule has 2 N–H and O–H groups in total. The van der Waals surface area contributed by atoms with E-state index in [4.69, 9.17) is 0 Å². The van der Waals surface area contributed by atoms with Gasteiger partial charge in [-0.05, 0) is 13.8 Å². The monoisotopic (exact) mass is 324 g/mol. The molecule has 0 aliphatic heterocycles. The normalized spacial score (nSPS) is 11.9. The van der Waals surface area contributed by atoms with Gasteiger partial charge in [0, 0.05) is 18.3 Å². The molecular formula is C13H11F3N6O. The molecule has 120 valence electrons. The molecule has 3 aromatic rings. The fraction of sp³-hybridized carbons (Fsp3) is 0.231. The van der Waals surface area contributed by atoms with E-state index in [2.05, 4.69) is 20.5 Å². The maximum Gasteiger partial charge on any atom is 0.432 e. The van der Waals surface area contributed by atoms with Gasteiger partial charge in [-0.2, -0.15) is 23.4 Å². The van der Waals surface area contributed by atoms with Gasteiger partial charge in [0.05, 0.1) is 17.0 Å². The number of amides is 1. The van der Waals surface area contributed by atoms with Crippen LogP contribution < -0.4 is 5.32 Å². The zero-order chi connectivity index (χ0) is 16.8. The van der Waals surface area contributed by atoms with E-state index in [0.29, 0.717) is 11.3 Å². The lowest BCUT2D eigenvalue weighted by Crippen LogP contribution is -2.16. The maximum atomic E-state index is 12.5. The molecule has 1 amide bonds. The molecule has 0 unspecified atom stereocenters. The number of nitrogens with zero attached hydrogens (tertiary/aromatic N) is 4. The molecule has 0 bridgehead atoms. The molecular weight excluding hydrogens is 313 g/mol. The maximum absolute atomic E-state index is 12.5. The lowest BCUT2D eigenvalue weighted by Gasteiger charge is -2.06. The Balaban J connectivity index is 1.89. The molecule has 0 aromatic carbocycles. The summed E-state index contributed by atoms with van der Waals surface area (Å²) in [6, 6.07) is 2.47. The minimum Gasteiger partial charge on any atom is -0.305 e. The van der Waals surface area contributed by atoms with Crippen molar-refractivity contribution in [3.8, 4) is 0 Å². The number of carbonyl (C=O) groups is 1. The van der Waals surface area contributed by atoms with Crippen molar-refractivity contribution in [2.75, 3.05) is 5.32 Å². The number of carbonyl (C=O) groups excluding carboxylic acids is 1. The van der Waals surface area contributed by atoms with Crippen LogP contribution in [0.3, 0.4) is 0 Å². The van der Waals surface area contributed by atoms with E-state index in [0.717, 1.165) is 11.8 Å². The fourth-order valence-corrected chi connectivity index (χ4v) is 2.10. The molecule has 3 heterocycles. The van der Waals surface area contributed by atoms with Crippen molar-refractivity contribution in [2.24, 2.45) is 0 Å². The number of aromatic amines is 1. The Morgan fingerprint density at radius 3 is 2.70 bits per heavy atom. The number of fused-ring (bicyclic) bond motifs is 1. The molecule has 0 fully saturated rings. The van der Waals surface area contributed by atoms with Crippen LogP contribution in [0.5, 0.6) is 0 Å². The predicted octanol–water partition coefficient (Wildman–Crippen LogP) is 2.34. The molecule has 0 atom stereocenters. The van der Waals surface area contributed by atoms with Crippen LogP contribution in [0.4, 0.5) is 19.0 Å². The number of aryl methyl sites for hydroxylation is 2. The van der Waals surface area contributed by atoms with Gasteiger partial charge in [0.25, 0.3) is 5.91 Å². The summed E-state index contributed by atoms with van der Waals surface area (Å²) in [5.41, 5.74) is 0.987. The number of rotatable bonds is 2. The number of aromatic nitrogens is 5. The smallest absolute Gasteiger partial charge is 0.305 e. The number of halogens is 3. The Kier molecular flexibility index (Phi) is 3.31. The number of hydrogen-bond acceptors (Lipinski definition) is 4. The Labute approximate surface area is 127 Å². The van der Waals surface area contributed by atoms with Gasteiger partial charge < -0.3 is 5.32 Å². The zero-order valence-electron chi connectivity index (χ0n) is 12.1. The van der Waals surface area contributed by atoms with Gasteiger partial charge in [-0.1, -0.05) is 0 Å². The molecule has 3 aromatic heterocycles. The van der Waals surface area contributed by atoms with E-state index in [-0.39, 0.29) is 11.4 Å². The second-order valence-corrected chi connectivity index (χ2v) is 4.93. The van der Waals surface area contributed by atoms with Gasteiger partial charge in [-0.15, -0.1) is 0 Å². The van der Waals surface area contributed by atoms with Crippen molar-refractivity contribution >= 4 is 17.4 Å². The average Bonchev–Trinajstić information content (AvgIpc) is 3.04. The third kappa shape index (κ3) is 2.74. The summed E-state index contributed by atoms with van der Waals surface area (Å²) >= 11 is 0. The Bertz CT molecular complexity index is 895. The number of H-pyrrole nitrogens is 1. The summed E-state index contributed by atoms with van der Waals surface area (Å²) in [6.45, 7) is 3.46. The standard InChI is InChI=1S/C13H11F3N6O/c1-6-3-11-17-5-8(7(2)22(11)21-6)12(23)18-10-4-9(19-20-10)13(14,15)16/h3-5H,1-2H3,(H2,18,19,20,23). The lowest BCUT2D eigenvalue weighted by atomic mass is 10.2. The highest BCUT2D eigenvalue weighted by molar-refractivity contribution is 6.04. The predicted molar refractivity (Wildman–Crippen MR) is 74.0 cm³/mol. The molecule has 23 heavy (non-hydrogen) atoms. The lowest BCUT2D eigenvalue weighted by molar-refractivity contribution is -0.141. The summed E-state index contributed by atoms with van der Waals surface area (Å²) < 4.78 is 39.0. The van der Waals surface area contributed by atoms with Crippen molar-refractivity contribution in [1.82, 2.24) is 24.8 Å². The quantitative estimate of drug-likeness (QED) is 0.757. The van der Waals surface area contributed by atoms with Crippen LogP contribution in [0.2, 0.25) is 0 Å². The van der Waals surface area contributed by atoms with E-state index in [1.807, 2.05) is 5.10 Å². The van der Waals surface area contributed by atoms with E-state index < -0.39 is 17.8 Å². The summed E-state index contributed by atoms with van der Waals surface area (Å²) in [4.78, 5) is 16.3. The fourth-order valence-electron chi connectivity index (χ4n) is 2.10. The summed E-state index contributed by atoms with van der Waals surface area (Å²) in [5, 5.41) is 11.8. The molecule has 0 aliphatic rings. The van der Waals surface area contributed by atoms with Crippen LogP contribution in [0.15, 0.2) is 18.3 Å². The first kappa shape index (κ1) is 15.0. The molecule has 0 spiro atoms. The van der Waals surface area contributed by atoms with Gasteiger partial charge in [-0.25, -0.2) is 9.50 Å². The minimum absolute atomic E-state index is 0.192. The third-order valence-corrected chi connectivity index (χ3v) is 3.22. The minimum atomic E-state index is -4.56. The SMILES string of the molecule is Cc1cc2ncc(C(=O)Nc3cc(C(F)(F)F)[nH]n3)c(C)n2n1. The first-order valence-corrected chi connectivity index (χ1v) is 6.51. The van der Waals surface area contributed by atoms with E-state index in [9.17, 15) is 18.0 Å². The van der Waals surface area contributed by atoms with Crippen molar-refractivity contribution in [2.45, 2.75) is 20.0 Å². The van der Waals surface area contributed by atoms with Crippen LogP contribution in [-0.2, 0) is 6.18 Å². The molecule has 0 radical (unpaired) electrons. The Morgan fingerprint density at radius 1 is 1.30 bits per heavy atom. The average molecular weight is 324 g/mol. The van der Waals surface area contributed by atoms with Crippen LogP contribution >= 0.6 is 0 Å². The van der Waals surface area contributed by atoms with Crippen LogP contribution in [0, 0.1) is 13.8 Å². The van der Waals surface area contributed by atoms with Crippen molar-refractivity contribution in [3.05, 3.63) is 41.0 Å². The van der Waals surface area contributed by atoms with E-state index >= 15 is 0 Å². The largest absolute Gasteiger partial charge is 0.432 e. The second-order valence-electron chi connectivity index (χ2n) is 4.93. The van der Waals surface area contributed by atoms with Gasteiger partial charge in [-0.3, -0.25) is 9.89 Å².